The van der Waals surface area contributed by atoms with Crippen LogP contribution in [0.1, 0.15) is 27.7 Å². The molecular formula is C10H21NO3Si. The van der Waals surface area contributed by atoms with Gasteiger partial charge in [0.1, 0.15) is 0 Å². The molecule has 0 aliphatic heterocycles. The Labute approximate surface area is 93.8 Å². The van der Waals surface area contributed by atoms with Gasteiger partial charge in [0.15, 0.2) is 9.76 Å². The third-order valence-corrected chi connectivity index (χ3v) is 3.54. The zero-order valence-electron chi connectivity index (χ0n) is 10.0. The van der Waals surface area contributed by atoms with Crippen molar-refractivity contribution in [3.8, 4) is 0 Å². The van der Waals surface area contributed by atoms with E-state index in [1.165, 1.54) is 0 Å². The van der Waals surface area contributed by atoms with E-state index in [1.54, 1.807) is 13.8 Å². The van der Waals surface area contributed by atoms with Gasteiger partial charge in [0.05, 0.1) is 12.2 Å². The highest BCUT2D eigenvalue weighted by molar-refractivity contribution is 6.32. The molecule has 0 heterocycles. The lowest BCUT2D eigenvalue weighted by molar-refractivity contribution is -0.138. The molecule has 1 unspecified atom stereocenters. The third-order valence-electron chi connectivity index (χ3n) is 1.98. The van der Waals surface area contributed by atoms with Gasteiger partial charge in [0.25, 0.3) is 0 Å². The lowest BCUT2D eigenvalue weighted by Crippen LogP contribution is -2.20. The second-order valence-electron chi connectivity index (χ2n) is 3.38. The van der Waals surface area contributed by atoms with Crippen LogP contribution < -0.4 is 5.73 Å². The fourth-order valence-corrected chi connectivity index (χ4v) is 2.58. The molecule has 0 aliphatic rings. The number of hydrogen-bond donors (Lipinski definition) is 1. The Morgan fingerprint density at radius 3 is 2.40 bits per heavy atom. The van der Waals surface area contributed by atoms with Crippen molar-refractivity contribution in [3.63, 3.8) is 0 Å². The van der Waals surface area contributed by atoms with Gasteiger partial charge in [-0.2, -0.15) is 0 Å². The van der Waals surface area contributed by atoms with Gasteiger partial charge in [-0.05, 0) is 20.8 Å². The molecule has 0 bridgehead atoms. The molecule has 15 heavy (non-hydrogen) atoms. The molecule has 0 radical (unpaired) electrons. The van der Waals surface area contributed by atoms with E-state index in [4.69, 9.17) is 14.9 Å². The Morgan fingerprint density at radius 2 is 2.00 bits per heavy atom. The second kappa shape index (κ2) is 7.47. The molecule has 1 atom stereocenters. The predicted molar refractivity (Wildman–Crippen MR) is 63.1 cm³/mol. The van der Waals surface area contributed by atoms with Crippen LogP contribution in [-0.4, -0.2) is 28.9 Å². The van der Waals surface area contributed by atoms with Crippen molar-refractivity contribution in [2.45, 2.75) is 33.2 Å². The van der Waals surface area contributed by atoms with Gasteiger partial charge in [-0.3, -0.25) is 0 Å². The first-order valence-corrected chi connectivity index (χ1v) is 6.65. The number of ether oxygens (including phenoxy) is 1. The molecule has 0 amide bonds. The molecule has 88 valence electrons. The molecule has 0 aliphatic carbocycles. The first-order chi connectivity index (χ1) is 7.04. The summed E-state index contributed by atoms with van der Waals surface area (Å²) in [7, 11) is -0.753. The summed E-state index contributed by atoms with van der Waals surface area (Å²) in [6.07, 6.45) is 0. The Morgan fingerprint density at radius 1 is 1.40 bits per heavy atom. The van der Waals surface area contributed by atoms with Crippen LogP contribution in [0.5, 0.6) is 0 Å². The van der Waals surface area contributed by atoms with Crippen LogP contribution in [0.2, 0.25) is 5.54 Å². The van der Waals surface area contributed by atoms with Crippen LogP contribution in [-0.2, 0) is 14.0 Å². The van der Waals surface area contributed by atoms with E-state index in [0.717, 1.165) is 0 Å². The number of carbonyl (C=O) groups is 1. The lowest BCUT2D eigenvalue weighted by Gasteiger charge is -2.15. The summed E-state index contributed by atoms with van der Waals surface area (Å²) >= 11 is 0. The smallest absolute Gasteiger partial charge is 0.335 e. The first-order valence-electron chi connectivity index (χ1n) is 5.25. The minimum Gasteiger partial charge on any atom is -0.463 e. The summed E-state index contributed by atoms with van der Waals surface area (Å²) in [4.78, 5) is 11.6. The van der Waals surface area contributed by atoms with Crippen molar-refractivity contribution in [1.82, 2.24) is 0 Å². The maximum absolute atomic E-state index is 11.6. The molecule has 0 spiro atoms. The average molecular weight is 231 g/mol. The van der Waals surface area contributed by atoms with Crippen LogP contribution in [0.25, 0.3) is 0 Å². The number of nitrogens with two attached hydrogens (primary N) is 1. The molecule has 0 saturated carbocycles. The van der Waals surface area contributed by atoms with Gasteiger partial charge in [-0.25, -0.2) is 4.79 Å². The summed E-state index contributed by atoms with van der Waals surface area (Å²) in [6, 6.07) is 0. The number of carbonyl (C=O) groups excluding carboxylic acids is 1. The van der Waals surface area contributed by atoms with Gasteiger partial charge in [-0.15, -0.1) is 0 Å². The van der Waals surface area contributed by atoms with Crippen molar-refractivity contribution < 1.29 is 14.0 Å². The molecule has 0 saturated heterocycles. The monoisotopic (exact) mass is 231 g/mol. The average Bonchev–Trinajstić information content (AvgIpc) is 2.14. The van der Waals surface area contributed by atoms with E-state index in [1.807, 2.05) is 13.8 Å². The SMILES string of the molecule is CCO[SiH2]C(C)C(C(=O)OCC)=C(C)N. The molecule has 0 aromatic carbocycles. The van der Waals surface area contributed by atoms with Crippen LogP contribution >= 0.6 is 0 Å². The van der Waals surface area contributed by atoms with Gasteiger partial charge in [0, 0.05) is 17.8 Å². The second-order valence-corrected chi connectivity index (χ2v) is 5.34. The van der Waals surface area contributed by atoms with Crippen LogP contribution in [0.4, 0.5) is 0 Å². The topological polar surface area (TPSA) is 61.5 Å². The van der Waals surface area contributed by atoms with E-state index in [0.29, 0.717) is 24.5 Å². The quantitative estimate of drug-likeness (QED) is 0.415. The van der Waals surface area contributed by atoms with Crippen LogP contribution in [0.15, 0.2) is 11.3 Å². The van der Waals surface area contributed by atoms with E-state index in [9.17, 15) is 4.79 Å². The highest BCUT2D eigenvalue weighted by Gasteiger charge is 2.20. The fourth-order valence-electron chi connectivity index (χ4n) is 1.34. The Balaban J connectivity index is 4.54. The largest absolute Gasteiger partial charge is 0.463 e. The zero-order valence-corrected chi connectivity index (χ0v) is 11.4. The highest BCUT2D eigenvalue weighted by Crippen LogP contribution is 2.19. The van der Waals surface area contributed by atoms with Crippen LogP contribution in [0.3, 0.4) is 0 Å². The van der Waals surface area contributed by atoms with E-state index in [-0.39, 0.29) is 11.5 Å². The molecule has 2 N–H and O–H groups in total. The van der Waals surface area contributed by atoms with Crippen molar-refractivity contribution in [3.05, 3.63) is 11.3 Å². The highest BCUT2D eigenvalue weighted by atomic mass is 28.2. The number of allylic oxidation sites excluding steroid dienone is 1. The van der Waals surface area contributed by atoms with Crippen molar-refractivity contribution in [1.29, 1.82) is 0 Å². The molecule has 0 fully saturated rings. The van der Waals surface area contributed by atoms with Gasteiger partial charge < -0.3 is 14.9 Å². The number of esters is 1. The fraction of sp³-hybridized carbons (Fsp3) is 0.700. The van der Waals surface area contributed by atoms with Gasteiger partial charge >= 0.3 is 5.97 Å². The van der Waals surface area contributed by atoms with Crippen molar-refractivity contribution >= 4 is 15.7 Å². The molecule has 0 aromatic heterocycles. The van der Waals surface area contributed by atoms with Gasteiger partial charge in [0.2, 0.25) is 0 Å². The zero-order chi connectivity index (χ0) is 11.8. The van der Waals surface area contributed by atoms with Crippen LogP contribution in [0, 0.1) is 0 Å². The minimum absolute atomic E-state index is 0.106. The maximum Gasteiger partial charge on any atom is 0.335 e. The number of rotatable bonds is 6. The molecule has 4 nitrogen and oxygen atoms in total. The molecule has 0 aromatic rings. The normalized spacial score (nSPS) is 15.2. The third kappa shape index (κ3) is 4.99. The molecular weight excluding hydrogens is 210 g/mol. The Hall–Kier alpha value is -0.813. The Bertz CT molecular complexity index is 237. The predicted octanol–water partition coefficient (Wildman–Crippen LogP) is 0.711. The van der Waals surface area contributed by atoms with E-state index < -0.39 is 9.76 Å². The van der Waals surface area contributed by atoms with Crippen molar-refractivity contribution in [2.75, 3.05) is 13.2 Å². The molecule has 0 rings (SSSR count). The Kier molecular flexibility index (Phi) is 7.07. The number of hydrogen-bond acceptors (Lipinski definition) is 4. The van der Waals surface area contributed by atoms with E-state index >= 15 is 0 Å². The molecule has 5 heteroatoms. The minimum atomic E-state index is -0.753. The summed E-state index contributed by atoms with van der Waals surface area (Å²) in [5, 5.41) is 0. The maximum atomic E-state index is 11.6. The van der Waals surface area contributed by atoms with Crippen molar-refractivity contribution in [2.24, 2.45) is 5.73 Å². The summed E-state index contributed by atoms with van der Waals surface area (Å²) in [5.74, 6) is -0.308. The first kappa shape index (κ1) is 14.2. The summed E-state index contributed by atoms with van der Waals surface area (Å²) in [6.45, 7) is 8.48. The lowest BCUT2D eigenvalue weighted by atomic mass is 10.1. The standard InChI is InChI=1S/C10H21NO3Si/c1-5-13-10(12)9(7(3)11)8(4)15-14-6-2/h8H,5-6,11,15H2,1-4H3. The summed E-state index contributed by atoms with van der Waals surface area (Å²) < 4.78 is 10.4. The van der Waals surface area contributed by atoms with E-state index in [2.05, 4.69) is 0 Å². The van der Waals surface area contributed by atoms with Gasteiger partial charge in [-0.1, -0.05) is 6.92 Å². The summed E-state index contributed by atoms with van der Waals surface area (Å²) in [5.41, 5.74) is 6.91.